The molecule has 1 heterocycles. The second-order valence-electron chi connectivity index (χ2n) is 6.03. The topological polar surface area (TPSA) is 93.2 Å². The van der Waals surface area contributed by atoms with E-state index in [1.165, 1.54) is 6.33 Å². The lowest BCUT2D eigenvalue weighted by atomic mass is 10.2. The first-order valence-electron chi connectivity index (χ1n) is 8.79. The highest BCUT2D eigenvalue weighted by atomic mass is 16.5. The molecule has 0 unspecified atom stereocenters. The van der Waals surface area contributed by atoms with Gasteiger partial charge in [0.1, 0.15) is 17.8 Å². The van der Waals surface area contributed by atoms with Crippen molar-refractivity contribution in [2.45, 2.75) is 13.8 Å². The summed E-state index contributed by atoms with van der Waals surface area (Å²) in [6.07, 6.45) is 1.33. The fraction of sp³-hybridized carbons (Fsp3) is 0.143. The summed E-state index contributed by atoms with van der Waals surface area (Å²) in [5.74, 6) is -0.261. The average Bonchev–Trinajstić information content (AvgIpc) is 2.71. The van der Waals surface area contributed by atoms with Gasteiger partial charge < -0.3 is 15.4 Å². The molecule has 2 N–H and O–H groups in total. The second kappa shape index (κ2) is 8.77. The predicted molar refractivity (Wildman–Crippen MR) is 107 cm³/mol. The molecule has 28 heavy (non-hydrogen) atoms. The van der Waals surface area contributed by atoms with Crippen LogP contribution in [0.15, 0.2) is 60.9 Å². The fourth-order valence-electron chi connectivity index (χ4n) is 2.43. The van der Waals surface area contributed by atoms with Crippen LogP contribution in [-0.2, 0) is 4.74 Å². The van der Waals surface area contributed by atoms with Gasteiger partial charge in [0, 0.05) is 17.4 Å². The molecule has 3 rings (SSSR count). The second-order valence-corrected chi connectivity index (χ2v) is 6.03. The maximum atomic E-state index is 12.5. The average molecular weight is 376 g/mol. The van der Waals surface area contributed by atoms with Crippen LogP contribution < -0.4 is 10.6 Å². The van der Waals surface area contributed by atoms with E-state index < -0.39 is 5.97 Å². The summed E-state index contributed by atoms with van der Waals surface area (Å²) in [5, 5.41) is 5.89. The number of nitrogens with one attached hydrogen (secondary N) is 2. The Balaban J connectivity index is 1.67. The maximum absolute atomic E-state index is 12.5. The van der Waals surface area contributed by atoms with Crippen molar-refractivity contribution in [3.05, 3.63) is 77.7 Å². The Morgan fingerprint density at radius 2 is 1.64 bits per heavy atom. The van der Waals surface area contributed by atoms with Gasteiger partial charge in [-0.3, -0.25) is 4.79 Å². The number of hydrogen-bond acceptors (Lipinski definition) is 6. The zero-order chi connectivity index (χ0) is 19.9. The minimum absolute atomic E-state index is 0.221. The van der Waals surface area contributed by atoms with Crippen molar-refractivity contribution < 1.29 is 14.3 Å². The summed E-state index contributed by atoms with van der Waals surface area (Å²) in [6, 6.07) is 15.9. The molecule has 0 radical (unpaired) electrons. The van der Waals surface area contributed by atoms with Gasteiger partial charge in [0.05, 0.1) is 12.2 Å². The van der Waals surface area contributed by atoms with Crippen LogP contribution in [-0.4, -0.2) is 28.5 Å². The van der Waals surface area contributed by atoms with Crippen molar-refractivity contribution in [1.82, 2.24) is 9.97 Å². The van der Waals surface area contributed by atoms with Crippen LogP contribution >= 0.6 is 0 Å². The van der Waals surface area contributed by atoms with Gasteiger partial charge in [0.25, 0.3) is 5.91 Å². The molecule has 1 amide bonds. The molecule has 0 aliphatic heterocycles. The van der Waals surface area contributed by atoms with Gasteiger partial charge in [-0.2, -0.15) is 0 Å². The van der Waals surface area contributed by atoms with Crippen molar-refractivity contribution in [2.75, 3.05) is 17.2 Å². The first kappa shape index (κ1) is 19.0. The molecule has 1 aromatic heterocycles. The number of ether oxygens (including phenoxy) is 1. The molecule has 2 aromatic carbocycles. The molecule has 142 valence electrons. The van der Waals surface area contributed by atoms with E-state index >= 15 is 0 Å². The van der Waals surface area contributed by atoms with Crippen LogP contribution in [0.1, 0.15) is 33.3 Å². The molecule has 0 aliphatic rings. The minimum Gasteiger partial charge on any atom is -0.462 e. The Bertz CT molecular complexity index is 970. The van der Waals surface area contributed by atoms with E-state index in [0.717, 1.165) is 11.3 Å². The van der Waals surface area contributed by atoms with Gasteiger partial charge in [-0.15, -0.1) is 0 Å². The number of anilines is 3. The van der Waals surface area contributed by atoms with Gasteiger partial charge in [0.15, 0.2) is 0 Å². The van der Waals surface area contributed by atoms with Crippen LogP contribution in [0.5, 0.6) is 0 Å². The lowest BCUT2D eigenvalue weighted by molar-refractivity contribution is 0.0526. The molecule has 7 nitrogen and oxygen atoms in total. The monoisotopic (exact) mass is 376 g/mol. The third-order valence-corrected chi connectivity index (χ3v) is 3.88. The number of carbonyl (C=O) groups is 2. The van der Waals surface area contributed by atoms with E-state index in [2.05, 4.69) is 20.6 Å². The number of carbonyl (C=O) groups excluding carboxylic acids is 2. The lowest BCUT2D eigenvalue weighted by Crippen LogP contribution is -2.14. The number of rotatable bonds is 6. The van der Waals surface area contributed by atoms with E-state index in [9.17, 15) is 9.59 Å². The van der Waals surface area contributed by atoms with Gasteiger partial charge in [0.2, 0.25) is 0 Å². The highest BCUT2D eigenvalue weighted by molar-refractivity contribution is 6.03. The van der Waals surface area contributed by atoms with Gasteiger partial charge in [-0.25, -0.2) is 14.8 Å². The lowest BCUT2D eigenvalue weighted by Gasteiger charge is -2.08. The number of hydrogen-bond donors (Lipinski definition) is 2. The smallest absolute Gasteiger partial charge is 0.338 e. The first-order chi connectivity index (χ1) is 13.5. The Hall–Kier alpha value is -3.74. The van der Waals surface area contributed by atoms with E-state index in [1.54, 1.807) is 37.3 Å². The summed E-state index contributed by atoms with van der Waals surface area (Å²) < 4.78 is 4.94. The van der Waals surface area contributed by atoms with E-state index in [1.807, 2.05) is 31.2 Å². The molecule has 0 saturated carbocycles. The number of benzene rings is 2. The third-order valence-electron chi connectivity index (χ3n) is 3.88. The zero-order valence-corrected chi connectivity index (χ0v) is 15.6. The van der Waals surface area contributed by atoms with Gasteiger partial charge in [-0.05, 0) is 50.2 Å². The summed E-state index contributed by atoms with van der Waals surface area (Å²) in [4.78, 5) is 32.3. The third kappa shape index (κ3) is 4.91. The van der Waals surface area contributed by atoms with Crippen molar-refractivity contribution in [2.24, 2.45) is 0 Å². The quantitative estimate of drug-likeness (QED) is 0.633. The zero-order valence-electron chi connectivity index (χ0n) is 15.6. The van der Waals surface area contributed by atoms with Gasteiger partial charge >= 0.3 is 5.97 Å². The molecule has 0 bridgehead atoms. The number of amides is 1. The highest BCUT2D eigenvalue weighted by Crippen LogP contribution is 2.16. The summed E-state index contributed by atoms with van der Waals surface area (Å²) in [5.41, 5.74) is 3.21. The van der Waals surface area contributed by atoms with E-state index in [0.29, 0.717) is 23.7 Å². The van der Waals surface area contributed by atoms with E-state index in [4.69, 9.17) is 4.74 Å². The summed E-state index contributed by atoms with van der Waals surface area (Å²) in [7, 11) is 0. The molecule has 3 aromatic rings. The van der Waals surface area contributed by atoms with Crippen LogP contribution in [0.2, 0.25) is 0 Å². The van der Waals surface area contributed by atoms with Crippen molar-refractivity contribution in [1.29, 1.82) is 0 Å². The Kier molecular flexibility index (Phi) is 5.96. The molecular weight excluding hydrogens is 356 g/mol. The van der Waals surface area contributed by atoms with Gasteiger partial charge in [-0.1, -0.05) is 17.7 Å². The maximum Gasteiger partial charge on any atom is 0.338 e. The summed E-state index contributed by atoms with van der Waals surface area (Å²) in [6.45, 7) is 4.07. The molecular formula is C21H20N4O3. The normalized spacial score (nSPS) is 10.2. The SMILES string of the molecule is CCOC(=O)c1ccc(NC(=O)c2cc(Nc3ccc(C)cc3)ncn2)cc1. The minimum atomic E-state index is -0.400. The van der Waals surface area contributed by atoms with Crippen molar-refractivity contribution in [3.63, 3.8) is 0 Å². The molecule has 0 fully saturated rings. The Morgan fingerprint density at radius 3 is 2.32 bits per heavy atom. The highest BCUT2D eigenvalue weighted by Gasteiger charge is 2.11. The molecule has 7 heteroatoms. The molecule has 0 aliphatic carbocycles. The fourth-order valence-corrected chi connectivity index (χ4v) is 2.43. The summed E-state index contributed by atoms with van der Waals surface area (Å²) >= 11 is 0. The number of aryl methyl sites for hydroxylation is 1. The van der Waals surface area contributed by atoms with Crippen molar-refractivity contribution >= 4 is 29.1 Å². The van der Waals surface area contributed by atoms with Crippen LogP contribution in [0.25, 0.3) is 0 Å². The van der Waals surface area contributed by atoms with Crippen LogP contribution in [0, 0.1) is 6.92 Å². The first-order valence-corrected chi connectivity index (χ1v) is 8.79. The Labute approximate surface area is 162 Å². The van der Waals surface area contributed by atoms with Crippen LogP contribution in [0.4, 0.5) is 17.2 Å². The predicted octanol–water partition coefficient (Wildman–Crippen LogP) is 3.96. The molecule has 0 saturated heterocycles. The Morgan fingerprint density at radius 1 is 0.964 bits per heavy atom. The largest absolute Gasteiger partial charge is 0.462 e. The standard InChI is InChI=1S/C21H20N4O3/c1-3-28-21(27)15-6-10-17(11-7-15)25-20(26)18-12-19(23-13-22-18)24-16-8-4-14(2)5-9-16/h4-13H,3H2,1-2H3,(H,25,26)(H,22,23,24). The molecule has 0 spiro atoms. The number of aromatic nitrogens is 2. The molecule has 0 atom stereocenters. The number of nitrogens with zero attached hydrogens (tertiary/aromatic N) is 2. The number of esters is 1. The van der Waals surface area contributed by atoms with Crippen molar-refractivity contribution in [3.8, 4) is 0 Å². The van der Waals surface area contributed by atoms with Crippen LogP contribution in [0.3, 0.4) is 0 Å². The van der Waals surface area contributed by atoms with E-state index in [-0.39, 0.29) is 11.6 Å².